The molecule has 0 atom stereocenters. The van der Waals surface area contributed by atoms with Crippen molar-refractivity contribution in [2.75, 3.05) is 12.4 Å². The van der Waals surface area contributed by atoms with E-state index in [4.69, 9.17) is 40.2 Å². The molecule has 0 aliphatic rings. The molecule has 0 saturated carbocycles. The zero-order valence-corrected chi connectivity index (χ0v) is 18.9. The van der Waals surface area contributed by atoms with Gasteiger partial charge in [-0.1, -0.05) is 59.6 Å². The van der Waals surface area contributed by atoms with Crippen LogP contribution in [-0.4, -0.2) is 18.2 Å². The fraction of sp³-hybridized carbons (Fsp3) is 0.143. The quantitative estimate of drug-likeness (QED) is 0.342. The summed E-state index contributed by atoms with van der Waals surface area (Å²) in [5.74, 6) is -0.414. The van der Waals surface area contributed by atoms with Crippen molar-refractivity contribution in [3.8, 4) is 11.1 Å². The van der Waals surface area contributed by atoms with E-state index in [1.807, 2.05) is 43.3 Å². The number of rotatable bonds is 5. The minimum absolute atomic E-state index is 0.391. The number of carbonyl (C=O) groups excluding carboxylic acids is 1. The van der Waals surface area contributed by atoms with Crippen LogP contribution >= 0.6 is 46.8 Å². The Kier molecular flexibility index (Phi) is 7.14. The van der Waals surface area contributed by atoms with Crippen molar-refractivity contribution < 1.29 is 9.53 Å². The third kappa shape index (κ3) is 5.08. The maximum Gasteiger partial charge on any atom is 0.341 e. The van der Waals surface area contributed by atoms with Crippen LogP contribution in [0.4, 0.5) is 5.00 Å². The lowest BCUT2D eigenvalue weighted by atomic mass is 10.0. The van der Waals surface area contributed by atoms with Gasteiger partial charge in [-0.25, -0.2) is 4.79 Å². The minimum Gasteiger partial charge on any atom is -0.465 e. The molecule has 0 aliphatic heterocycles. The summed E-state index contributed by atoms with van der Waals surface area (Å²) in [7, 11) is 1.37. The summed E-state index contributed by atoms with van der Waals surface area (Å²) in [6, 6.07) is 15.1. The molecule has 0 bridgehead atoms. The summed E-state index contributed by atoms with van der Waals surface area (Å²) in [6.45, 7) is 2.43. The molecule has 2 aromatic carbocycles. The third-order valence-electron chi connectivity index (χ3n) is 4.20. The molecule has 0 amide bonds. The predicted molar refractivity (Wildman–Crippen MR) is 125 cm³/mol. The molecule has 0 unspecified atom stereocenters. The average molecular weight is 465 g/mol. The van der Waals surface area contributed by atoms with Crippen LogP contribution in [0.1, 0.15) is 20.8 Å². The van der Waals surface area contributed by atoms with E-state index >= 15 is 0 Å². The molecule has 1 aromatic heterocycles. The van der Waals surface area contributed by atoms with Gasteiger partial charge >= 0.3 is 5.97 Å². The first kappa shape index (κ1) is 21.6. The van der Waals surface area contributed by atoms with Gasteiger partial charge in [0.15, 0.2) is 5.11 Å². The first-order valence-corrected chi connectivity index (χ1v) is 10.6. The number of carbonyl (C=O) groups is 1. The summed E-state index contributed by atoms with van der Waals surface area (Å²) in [5.41, 5.74) is 3.20. The van der Waals surface area contributed by atoms with Crippen molar-refractivity contribution >= 4 is 62.8 Å². The van der Waals surface area contributed by atoms with Gasteiger partial charge in [-0.2, -0.15) is 0 Å². The van der Waals surface area contributed by atoms with E-state index in [-0.39, 0.29) is 0 Å². The number of halogens is 2. The van der Waals surface area contributed by atoms with Crippen molar-refractivity contribution in [3.63, 3.8) is 0 Å². The molecule has 150 valence electrons. The number of thiocarbonyl (C=S) groups is 1. The van der Waals surface area contributed by atoms with Gasteiger partial charge in [-0.3, -0.25) is 0 Å². The lowest BCUT2D eigenvalue weighted by Gasteiger charge is -2.12. The Balaban J connectivity index is 1.82. The van der Waals surface area contributed by atoms with Gasteiger partial charge < -0.3 is 15.4 Å². The number of benzene rings is 2. The van der Waals surface area contributed by atoms with Gasteiger partial charge in [0.05, 0.1) is 17.2 Å². The monoisotopic (exact) mass is 464 g/mol. The van der Waals surface area contributed by atoms with Crippen molar-refractivity contribution in [3.05, 3.63) is 74.6 Å². The first-order valence-electron chi connectivity index (χ1n) is 8.66. The van der Waals surface area contributed by atoms with Crippen molar-refractivity contribution in [1.82, 2.24) is 5.32 Å². The summed E-state index contributed by atoms with van der Waals surface area (Å²) in [6.07, 6.45) is 0. The van der Waals surface area contributed by atoms with Gasteiger partial charge in [-0.15, -0.1) is 11.3 Å². The lowest BCUT2D eigenvalue weighted by molar-refractivity contribution is 0.0603. The molecular weight excluding hydrogens is 447 g/mol. The van der Waals surface area contributed by atoms with E-state index in [1.165, 1.54) is 18.4 Å². The number of methoxy groups -OCH3 is 1. The number of nitrogens with one attached hydrogen (secondary N) is 2. The highest BCUT2D eigenvalue weighted by molar-refractivity contribution is 7.80. The highest BCUT2D eigenvalue weighted by Gasteiger charge is 2.24. The van der Waals surface area contributed by atoms with E-state index in [0.29, 0.717) is 32.3 Å². The van der Waals surface area contributed by atoms with Gasteiger partial charge in [0, 0.05) is 17.0 Å². The Morgan fingerprint density at radius 2 is 1.86 bits per heavy atom. The Bertz CT molecular complexity index is 1050. The standard InChI is InChI=1S/C21H18Cl2N2O2S2/c1-12-17(14-6-4-3-5-7-14)18(20(26)27-2)19(29-12)25-21(28)24-11-13-8-9-15(22)16(23)10-13/h3-10H,11H2,1-2H3,(H2,24,25,28). The van der Waals surface area contributed by atoms with Crippen molar-refractivity contribution in [2.45, 2.75) is 13.5 Å². The molecule has 0 aliphatic carbocycles. The molecular formula is C21H18Cl2N2O2S2. The zero-order chi connectivity index (χ0) is 21.0. The Morgan fingerprint density at radius 1 is 1.14 bits per heavy atom. The first-order chi connectivity index (χ1) is 13.9. The highest BCUT2D eigenvalue weighted by atomic mass is 35.5. The van der Waals surface area contributed by atoms with Crippen molar-refractivity contribution in [2.24, 2.45) is 0 Å². The second kappa shape index (κ2) is 9.59. The zero-order valence-electron chi connectivity index (χ0n) is 15.7. The molecule has 3 rings (SSSR count). The fourth-order valence-corrected chi connectivity index (χ4v) is 4.49. The van der Waals surface area contributed by atoms with Crippen LogP contribution in [0.15, 0.2) is 48.5 Å². The molecule has 29 heavy (non-hydrogen) atoms. The third-order valence-corrected chi connectivity index (χ3v) is 6.21. The van der Waals surface area contributed by atoms with Crippen LogP contribution in [0.25, 0.3) is 11.1 Å². The van der Waals surface area contributed by atoms with E-state index in [9.17, 15) is 4.79 Å². The topological polar surface area (TPSA) is 50.4 Å². The highest BCUT2D eigenvalue weighted by Crippen LogP contribution is 2.40. The average Bonchev–Trinajstić information content (AvgIpc) is 3.04. The number of hydrogen-bond acceptors (Lipinski definition) is 4. The normalized spacial score (nSPS) is 10.5. The van der Waals surface area contributed by atoms with Crippen LogP contribution in [0.2, 0.25) is 10.0 Å². The molecule has 8 heteroatoms. The van der Waals surface area contributed by atoms with Crippen LogP contribution in [-0.2, 0) is 11.3 Å². The molecule has 4 nitrogen and oxygen atoms in total. The van der Waals surface area contributed by atoms with Gasteiger partial charge in [0.2, 0.25) is 0 Å². The minimum atomic E-state index is -0.414. The molecule has 0 fully saturated rings. The summed E-state index contributed by atoms with van der Waals surface area (Å²) >= 11 is 18.9. The molecule has 1 heterocycles. The number of hydrogen-bond donors (Lipinski definition) is 2. The Hall–Kier alpha value is -2.12. The van der Waals surface area contributed by atoms with E-state index in [2.05, 4.69) is 10.6 Å². The van der Waals surface area contributed by atoms with Crippen LogP contribution in [0.3, 0.4) is 0 Å². The molecule has 0 spiro atoms. The molecule has 0 radical (unpaired) electrons. The smallest absolute Gasteiger partial charge is 0.341 e. The Labute approximate surface area is 188 Å². The number of anilines is 1. The number of thiophene rings is 1. The maximum atomic E-state index is 12.5. The van der Waals surface area contributed by atoms with Crippen molar-refractivity contribution in [1.29, 1.82) is 0 Å². The fourth-order valence-electron chi connectivity index (χ4n) is 2.86. The number of aryl methyl sites for hydroxylation is 1. The van der Waals surface area contributed by atoms with Crippen LogP contribution < -0.4 is 10.6 Å². The largest absolute Gasteiger partial charge is 0.465 e. The summed E-state index contributed by atoms with van der Waals surface area (Å²) in [4.78, 5) is 13.5. The molecule has 2 N–H and O–H groups in total. The van der Waals surface area contributed by atoms with Gasteiger partial charge in [0.25, 0.3) is 0 Å². The van der Waals surface area contributed by atoms with Gasteiger partial charge in [-0.05, 0) is 42.4 Å². The predicted octanol–water partition coefficient (Wildman–Crippen LogP) is 6.30. The van der Waals surface area contributed by atoms with Gasteiger partial charge in [0.1, 0.15) is 10.6 Å². The summed E-state index contributed by atoms with van der Waals surface area (Å²) < 4.78 is 5.02. The maximum absolute atomic E-state index is 12.5. The molecule has 0 saturated heterocycles. The summed E-state index contributed by atoms with van der Waals surface area (Å²) in [5, 5.41) is 8.27. The Morgan fingerprint density at radius 3 is 2.52 bits per heavy atom. The SMILES string of the molecule is COC(=O)c1c(NC(=S)NCc2ccc(Cl)c(Cl)c2)sc(C)c1-c1ccccc1. The van der Waals surface area contributed by atoms with E-state index in [1.54, 1.807) is 12.1 Å². The number of ether oxygens (including phenoxy) is 1. The molecule has 3 aromatic rings. The number of esters is 1. The van der Waals surface area contributed by atoms with E-state index in [0.717, 1.165) is 21.6 Å². The second-order valence-corrected chi connectivity index (χ2v) is 8.60. The second-order valence-electron chi connectivity index (χ2n) is 6.15. The van der Waals surface area contributed by atoms with E-state index < -0.39 is 5.97 Å². The van der Waals surface area contributed by atoms with Crippen LogP contribution in [0.5, 0.6) is 0 Å². The lowest BCUT2D eigenvalue weighted by Crippen LogP contribution is -2.28. The van der Waals surface area contributed by atoms with Crippen LogP contribution in [0, 0.1) is 6.92 Å².